The van der Waals surface area contributed by atoms with Crippen LogP contribution in [0.5, 0.6) is 0 Å². The zero-order chi connectivity index (χ0) is 37.6. The van der Waals surface area contributed by atoms with Crippen LogP contribution < -0.4 is 9.80 Å². The molecule has 1 unspecified atom stereocenters. The van der Waals surface area contributed by atoms with Crippen LogP contribution in [0.1, 0.15) is 52.0 Å². The topological polar surface area (TPSA) is 155 Å². The number of nitro benzene ring substituents is 1. The van der Waals surface area contributed by atoms with Crippen LogP contribution >= 0.6 is 0 Å². The molecule has 3 heterocycles. The standard InChI is InChI=1S/C42H36N6O6/c1-27(9-5-6-22-45-25-36(43-44-45)34(26-49)29-10-3-2-4-11-29)42(52)35-23-32(48(53)54)20-21-37(35)46(41(42)51)24-28-16-18-31(19-17-28)47-38-15-8-13-30-12-7-14-33(39(30)38)40(47)50/h2-5,7-21,23,25,27,34,49,52H,6,22,24,26H2,1H3/b9-5+/t27-,34?,42+/m0/s1. The van der Waals surface area contributed by atoms with Crippen LogP contribution in [0.25, 0.3) is 10.8 Å². The predicted octanol–water partition coefficient (Wildman–Crippen LogP) is 6.77. The van der Waals surface area contributed by atoms with Gasteiger partial charge in [-0.1, -0.05) is 91.0 Å². The average molecular weight is 721 g/mol. The van der Waals surface area contributed by atoms with Gasteiger partial charge in [-0.3, -0.25) is 29.3 Å². The van der Waals surface area contributed by atoms with Gasteiger partial charge < -0.3 is 15.1 Å². The summed E-state index contributed by atoms with van der Waals surface area (Å²) in [4.78, 5) is 42.0. The van der Waals surface area contributed by atoms with E-state index in [1.54, 1.807) is 28.8 Å². The third-order valence-corrected chi connectivity index (χ3v) is 10.5. The zero-order valence-corrected chi connectivity index (χ0v) is 29.3. The number of rotatable bonds is 12. The molecule has 270 valence electrons. The van der Waals surface area contributed by atoms with E-state index in [0.29, 0.717) is 35.6 Å². The van der Waals surface area contributed by atoms with Gasteiger partial charge in [0.2, 0.25) is 0 Å². The Bertz CT molecular complexity index is 2440. The summed E-state index contributed by atoms with van der Waals surface area (Å²) in [6.45, 7) is 2.16. The molecule has 0 aliphatic carbocycles. The summed E-state index contributed by atoms with van der Waals surface area (Å²) in [6, 6.07) is 32.5. The number of aliphatic hydroxyl groups is 2. The van der Waals surface area contributed by atoms with Crippen LogP contribution in [0.4, 0.5) is 22.7 Å². The number of hydrogen-bond donors (Lipinski definition) is 2. The molecule has 3 atom stereocenters. The van der Waals surface area contributed by atoms with Gasteiger partial charge in [-0.15, -0.1) is 5.10 Å². The Labute approximate surface area is 310 Å². The maximum absolute atomic E-state index is 14.2. The lowest BCUT2D eigenvalue weighted by molar-refractivity contribution is -0.385. The minimum absolute atomic E-state index is 0.0961. The van der Waals surface area contributed by atoms with Crippen molar-refractivity contribution in [3.8, 4) is 0 Å². The number of non-ortho nitro benzene ring substituents is 1. The van der Waals surface area contributed by atoms with Crippen molar-refractivity contribution in [3.63, 3.8) is 0 Å². The van der Waals surface area contributed by atoms with E-state index in [4.69, 9.17) is 0 Å². The maximum atomic E-state index is 14.2. The number of hydrogen-bond acceptors (Lipinski definition) is 8. The highest BCUT2D eigenvalue weighted by Crippen LogP contribution is 2.47. The van der Waals surface area contributed by atoms with E-state index in [0.717, 1.165) is 27.6 Å². The number of anilines is 3. The number of amides is 2. The molecule has 5 aromatic carbocycles. The molecule has 0 bridgehead atoms. The fraction of sp³-hybridized carbons (Fsp3) is 0.190. The van der Waals surface area contributed by atoms with E-state index in [-0.39, 0.29) is 36.2 Å². The van der Waals surface area contributed by atoms with Crippen LogP contribution in [0, 0.1) is 16.0 Å². The molecule has 0 radical (unpaired) electrons. The summed E-state index contributed by atoms with van der Waals surface area (Å²) in [7, 11) is 0. The third kappa shape index (κ3) is 5.81. The Morgan fingerprint density at radius 1 is 0.926 bits per heavy atom. The molecule has 8 rings (SSSR count). The van der Waals surface area contributed by atoms with Gasteiger partial charge in [0.1, 0.15) is 0 Å². The van der Waals surface area contributed by atoms with Crippen LogP contribution in [0.3, 0.4) is 0 Å². The van der Waals surface area contributed by atoms with Gasteiger partial charge in [0.05, 0.1) is 46.6 Å². The molecule has 0 saturated heterocycles. The molecule has 54 heavy (non-hydrogen) atoms. The highest BCUT2D eigenvalue weighted by Gasteiger charge is 2.53. The summed E-state index contributed by atoms with van der Waals surface area (Å²) >= 11 is 0. The van der Waals surface area contributed by atoms with Gasteiger partial charge in [0.15, 0.2) is 5.60 Å². The first kappa shape index (κ1) is 34.6. The molecule has 12 heteroatoms. The Hall–Kier alpha value is -6.50. The first-order valence-corrected chi connectivity index (χ1v) is 17.7. The quantitative estimate of drug-likeness (QED) is 0.0798. The highest BCUT2D eigenvalue weighted by molar-refractivity contribution is 6.27. The van der Waals surface area contributed by atoms with Crippen molar-refractivity contribution in [2.75, 3.05) is 16.4 Å². The van der Waals surface area contributed by atoms with E-state index in [1.165, 1.54) is 23.1 Å². The number of aryl methyl sites for hydroxylation is 1. The minimum Gasteiger partial charge on any atom is -0.395 e. The second kappa shape index (κ2) is 13.8. The van der Waals surface area contributed by atoms with Crippen molar-refractivity contribution in [1.29, 1.82) is 0 Å². The molecule has 2 N–H and O–H groups in total. The van der Waals surface area contributed by atoms with E-state index in [9.17, 15) is 29.9 Å². The fourth-order valence-corrected chi connectivity index (χ4v) is 7.59. The van der Waals surface area contributed by atoms with Crippen molar-refractivity contribution in [2.24, 2.45) is 5.92 Å². The molecule has 0 saturated carbocycles. The van der Waals surface area contributed by atoms with E-state index in [1.807, 2.05) is 97.1 Å². The van der Waals surface area contributed by atoms with Gasteiger partial charge >= 0.3 is 0 Å². The summed E-state index contributed by atoms with van der Waals surface area (Å²) in [5.41, 5.74) is 2.72. The maximum Gasteiger partial charge on any atom is 0.269 e. The molecule has 6 aromatic rings. The predicted molar refractivity (Wildman–Crippen MR) is 203 cm³/mol. The molecule has 12 nitrogen and oxygen atoms in total. The molecular formula is C42H36N6O6. The Kier molecular flexibility index (Phi) is 8.84. The Balaban J connectivity index is 0.996. The van der Waals surface area contributed by atoms with Crippen LogP contribution in [0.15, 0.2) is 128 Å². The number of nitrogens with zero attached hydrogens (tertiary/aromatic N) is 6. The van der Waals surface area contributed by atoms with Crippen LogP contribution in [-0.4, -0.2) is 48.6 Å². The number of aromatic nitrogens is 3. The molecule has 2 aliphatic heterocycles. The molecule has 2 amide bonds. The molecule has 0 spiro atoms. The highest BCUT2D eigenvalue weighted by atomic mass is 16.6. The normalized spacial score (nSPS) is 17.5. The van der Waals surface area contributed by atoms with Gasteiger partial charge in [-0.2, -0.15) is 0 Å². The lowest BCUT2D eigenvalue weighted by atomic mass is 9.82. The monoisotopic (exact) mass is 720 g/mol. The SMILES string of the molecule is C[C@@H](/C=C/CCn1cc(C(CO)c2ccccc2)nn1)[C@]1(O)C(=O)N(Cc2ccc(N3C(=O)c4cccc5cccc3c45)cc2)c2ccc([N+](=O)[O-])cc21. The van der Waals surface area contributed by atoms with Crippen LogP contribution in [-0.2, 0) is 23.5 Å². The van der Waals surface area contributed by atoms with Crippen molar-refractivity contribution in [2.45, 2.75) is 38.0 Å². The van der Waals surface area contributed by atoms with Gasteiger partial charge in [0.25, 0.3) is 17.5 Å². The second-order valence-electron chi connectivity index (χ2n) is 13.7. The largest absolute Gasteiger partial charge is 0.395 e. The van der Waals surface area contributed by atoms with Crippen LogP contribution in [0.2, 0.25) is 0 Å². The number of aliphatic hydroxyl groups excluding tert-OH is 1. The summed E-state index contributed by atoms with van der Waals surface area (Å²) in [5, 5.41) is 44.3. The molecule has 0 fully saturated rings. The van der Waals surface area contributed by atoms with E-state index < -0.39 is 22.3 Å². The van der Waals surface area contributed by atoms with Gasteiger partial charge in [-0.25, -0.2) is 0 Å². The molecular weight excluding hydrogens is 684 g/mol. The molecule has 2 aliphatic rings. The van der Waals surface area contributed by atoms with E-state index in [2.05, 4.69) is 10.3 Å². The Morgan fingerprint density at radius 2 is 1.69 bits per heavy atom. The number of carbonyl (C=O) groups is 2. The first-order chi connectivity index (χ1) is 26.2. The average Bonchev–Trinajstić information content (AvgIpc) is 3.84. The first-order valence-electron chi connectivity index (χ1n) is 17.7. The Morgan fingerprint density at radius 3 is 2.43 bits per heavy atom. The number of fused-ring (bicyclic) bond motifs is 1. The number of allylic oxidation sites excluding steroid dienone is 1. The van der Waals surface area contributed by atoms with Crippen molar-refractivity contribution in [3.05, 3.63) is 166 Å². The second-order valence-corrected chi connectivity index (χ2v) is 13.7. The fourth-order valence-electron chi connectivity index (χ4n) is 7.59. The zero-order valence-electron chi connectivity index (χ0n) is 29.3. The number of nitro groups is 1. The lowest BCUT2D eigenvalue weighted by Gasteiger charge is -2.27. The third-order valence-electron chi connectivity index (χ3n) is 10.5. The number of carbonyl (C=O) groups excluding carboxylic acids is 2. The van der Waals surface area contributed by atoms with Crippen molar-refractivity contribution in [1.82, 2.24) is 15.0 Å². The van der Waals surface area contributed by atoms with Gasteiger partial charge in [0, 0.05) is 47.4 Å². The summed E-state index contributed by atoms with van der Waals surface area (Å²) in [6.07, 6.45) is 5.88. The smallest absolute Gasteiger partial charge is 0.269 e. The number of benzene rings is 5. The van der Waals surface area contributed by atoms with Crippen molar-refractivity contribution < 1.29 is 24.7 Å². The van der Waals surface area contributed by atoms with Gasteiger partial charge in [-0.05, 0) is 53.3 Å². The minimum atomic E-state index is -2.06. The lowest BCUT2D eigenvalue weighted by Crippen LogP contribution is -2.44. The van der Waals surface area contributed by atoms with E-state index >= 15 is 0 Å². The molecule has 1 aromatic heterocycles. The summed E-state index contributed by atoms with van der Waals surface area (Å²) in [5.74, 6) is -1.75. The summed E-state index contributed by atoms with van der Waals surface area (Å²) < 4.78 is 1.68. The van der Waals surface area contributed by atoms with Crippen molar-refractivity contribution >= 4 is 45.3 Å².